The fourth-order valence-electron chi connectivity index (χ4n) is 1.41. The topological polar surface area (TPSA) is 80.3 Å². The Morgan fingerprint density at radius 3 is 2.60 bits per heavy atom. The number of nitrogens with one attached hydrogen (secondary N) is 2. The molecule has 0 unspecified atom stereocenters. The molecule has 1 aromatic heterocycles. The highest BCUT2D eigenvalue weighted by molar-refractivity contribution is 5.89. The normalized spacial score (nSPS) is 10.2. The number of nitrogens with zero attached hydrogens (tertiary/aromatic N) is 1. The van der Waals surface area contributed by atoms with Gasteiger partial charge in [-0.3, -0.25) is 4.79 Å². The molecule has 0 radical (unpaired) electrons. The summed E-state index contributed by atoms with van der Waals surface area (Å²) in [5, 5.41) is 5.85. The lowest BCUT2D eigenvalue weighted by molar-refractivity contribution is -0.123. The second-order valence-corrected chi connectivity index (χ2v) is 4.53. The first kappa shape index (κ1) is 15.9. The van der Waals surface area contributed by atoms with Crippen LogP contribution in [0.15, 0.2) is 18.3 Å². The smallest absolute Gasteiger partial charge is 0.339 e. The third-order valence-corrected chi connectivity index (χ3v) is 2.53. The van der Waals surface area contributed by atoms with E-state index < -0.39 is 0 Å². The van der Waals surface area contributed by atoms with E-state index >= 15 is 0 Å². The molecular weight excluding hydrogens is 258 g/mol. The third-order valence-electron chi connectivity index (χ3n) is 2.53. The molecule has 0 aliphatic carbocycles. The number of carbonyl (C=O) groups is 2. The monoisotopic (exact) mass is 279 g/mol. The first-order valence-electron chi connectivity index (χ1n) is 6.69. The average molecular weight is 279 g/mol. The molecule has 0 aliphatic rings. The van der Waals surface area contributed by atoms with Crippen LogP contribution >= 0.6 is 0 Å². The third kappa shape index (κ3) is 5.26. The van der Waals surface area contributed by atoms with Crippen molar-refractivity contribution < 1.29 is 14.3 Å². The molecule has 0 aliphatic heterocycles. The van der Waals surface area contributed by atoms with Gasteiger partial charge in [0, 0.05) is 25.2 Å². The molecule has 0 fully saturated rings. The summed E-state index contributed by atoms with van der Waals surface area (Å²) < 4.78 is 4.87. The van der Waals surface area contributed by atoms with Crippen molar-refractivity contribution in [2.24, 2.45) is 5.92 Å². The predicted octanol–water partition coefficient (Wildman–Crippen LogP) is 1.44. The Morgan fingerprint density at radius 1 is 1.30 bits per heavy atom. The Morgan fingerprint density at radius 2 is 2.05 bits per heavy atom. The maximum absolute atomic E-state index is 11.4. The zero-order chi connectivity index (χ0) is 15.0. The summed E-state index contributed by atoms with van der Waals surface area (Å²) in [5.74, 6) is 0.280. The van der Waals surface area contributed by atoms with Gasteiger partial charge in [0.15, 0.2) is 0 Å². The van der Waals surface area contributed by atoms with Crippen molar-refractivity contribution >= 4 is 17.7 Å². The van der Waals surface area contributed by atoms with Gasteiger partial charge < -0.3 is 15.4 Å². The molecule has 1 heterocycles. The van der Waals surface area contributed by atoms with Crippen LogP contribution in [0.5, 0.6) is 0 Å². The maximum Gasteiger partial charge on any atom is 0.339 e. The van der Waals surface area contributed by atoms with Gasteiger partial charge in [-0.15, -0.1) is 0 Å². The van der Waals surface area contributed by atoms with Crippen LogP contribution in [0.4, 0.5) is 5.82 Å². The molecule has 110 valence electrons. The summed E-state index contributed by atoms with van der Waals surface area (Å²) in [5.41, 5.74) is 0.422. The lowest BCUT2D eigenvalue weighted by Crippen LogP contribution is -2.31. The van der Waals surface area contributed by atoms with E-state index in [1.54, 1.807) is 19.1 Å². The lowest BCUT2D eigenvalue weighted by Gasteiger charge is -2.09. The van der Waals surface area contributed by atoms with Crippen LogP contribution in [-0.2, 0) is 9.53 Å². The zero-order valence-corrected chi connectivity index (χ0v) is 12.1. The van der Waals surface area contributed by atoms with Crippen molar-refractivity contribution in [1.29, 1.82) is 0 Å². The number of anilines is 1. The van der Waals surface area contributed by atoms with Crippen LogP contribution in [0.3, 0.4) is 0 Å². The van der Waals surface area contributed by atoms with Crippen LogP contribution in [0.2, 0.25) is 0 Å². The minimum atomic E-state index is -0.379. The van der Waals surface area contributed by atoms with E-state index in [1.807, 2.05) is 13.8 Å². The summed E-state index contributed by atoms with van der Waals surface area (Å²) >= 11 is 0. The first-order chi connectivity index (χ1) is 9.54. The SMILES string of the molecule is CCOC(=O)c1ccc(NCCNC(=O)C(C)C)nc1. The van der Waals surface area contributed by atoms with Gasteiger partial charge in [-0.05, 0) is 19.1 Å². The zero-order valence-electron chi connectivity index (χ0n) is 12.1. The Labute approximate surface area is 118 Å². The van der Waals surface area contributed by atoms with Crippen molar-refractivity contribution in [3.8, 4) is 0 Å². The highest BCUT2D eigenvalue weighted by atomic mass is 16.5. The molecule has 0 spiro atoms. The van der Waals surface area contributed by atoms with Gasteiger partial charge in [-0.2, -0.15) is 0 Å². The van der Waals surface area contributed by atoms with Gasteiger partial charge in [0.25, 0.3) is 0 Å². The number of carbonyl (C=O) groups excluding carboxylic acids is 2. The fourth-order valence-corrected chi connectivity index (χ4v) is 1.41. The molecule has 0 aromatic carbocycles. The Bertz CT molecular complexity index is 443. The number of rotatable bonds is 7. The minimum Gasteiger partial charge on any atom is -0.462 e. The Balaban J connectivity index is 2.35. The van der Waals surface area contributed by atoms with Crippen molar-refractivity contribution in [2.45, 2.75) is 20.8 Å². The highest BCUT2D eigenvalue weighted by Gasteiger charge is 2.07. The fraction of sp³-hybridized carbons (Fsp3) is 0.500. The Kier molecular flexibility index (Phi) is 6.49. The van der Waals surface area contributed by atoms with Gasteiger partial charge in [-0.1, -0.05) is 13.8 Å². The van der Waals surface area contributed by atoms with Gasteiger partial charge >= 0.3 is 5.97 Å². The number of esters is 1. The second-order valence-electron chi connectivity index (χ2n) is 4.53. The number of aromatic nitrogens is 1. The number of ether oxygens (including phenoxy) is 1. The summed E-state index contributed by atoms with van der Waals surface area (Å²) in [6, 6.07) is 3.36. The average Bonchev–Trinajstić information content (AvgIpc) is 2.44. The second kappa shape index (κ2) is 8.14. The molecule has 1 rings (SSSR count). The van der Waals surface area contributed by atoms with Crippen LogP contribution in [0.25, 0.3) is 0 Å². The number of pyridine rings is 1. The molecule has 0 atom stereocenters. The predicted molar refractivity (Wildman–Crippen MR) is 76.5 cm³/mol. The van der Waals surface area contributed by atoms with Crippen LogP contribution in [0, 0.1) is 5.92 Å². The molecule has 0 saturated heterocycles. The highest BCUT2D eigenvalue weighted by Crippen LogP contribution is 2.06. The van der Waals surface area contributed by atoms with E-state index in [4.69, 9.17) is 4.74 Å². The van der Waals surface area contributed by atoms with Gasteiger partial charge in [0.1, 0.15) is 5.82 Å². The van der Waals surface area contributed by atoms with Crippen LogP contribution in [-0.4, -0.2) is 36.6 Å². The summed E-state index contributed by atoms with van der Waals surface area (Å²) in [6.07, 6.45) is 1.47. The van der Waals surface area contributed by atoms with Crippen molar-refractivity contribution in [3.05, 3.63) is 23.9 Å². The van der Waals surface area contributed by atoms with Crippen molar-refractivity contribution in [1.82, 2.24) is 10.3 Å². The Hall–Kier alpha value is -2.11. The standard InChI is InChI=1S/C14H21N3O3/c1-4-20-14(19)11-5-6-12(17-9-11)15-7-8-16-13(18)10(2)3/h5-6,9-10H,4,7-8H2,1-3H3,(H,15,17)(H,16,18). The van der Waals surface area contributed by atoms with E-state index in [2.05, 4.69) is 15.6 Å². The van der Waals surface area contributed by atoms with Gasteiger partial charge in [0.05, 0.1) is 12.2 Å². The van der Waals surface area contributed by atoms with Gasteiger partial charge in [-0.25, -0.2) is 9.78 Å². The first-order valence-corrected chi connectivity index (χ1v) is 6.69. The summed E-state index contributed by atoms with van der Waals surface area (Å²) in [4.78, 5) is 26.9. The molecule has 0 saturated carbocycles. The van der Waals surface area contributed by atoms with Crippen molar-refractivity contribution in [3.63, 3.8) is 0 Å². The molecule has 6 heteroatoms. The lowest BCUT2D eigenvalue weighted by atomic mass is 10.2. The molecule has 1 amide bonds. The summed E-state index contributed by atoms with van der Waals surface area (Å²) in [7, 11) is 0. The number of hydrogen-bond donors (Lipinski definition) is 2. The van der Waals surface area contributed by atoms with E-state index in [0.717, 1.165) is 0 Å². The quantitative estimate of drug-likeness (QED) is 0.583. The molecule has 20 heavy (non-hydrogen) atoms. The molecule has 0 bridgehead atoms. The van der Waals surface area contributed by atoms with Crippen LogP contribution < -0.4 is 10.6 Å². The molecule has 6 nitrogen and oxygen atoms in total. The van der Waals surface area contributed by atoms with Gasteiger partial charge in [0.2, 0.25) is 5.91 Å². The van der Waals surface area contributed by atoms with Crippen molar-refractivity contribution in [2.75, 3.05) is 25.0 Å². The maximum atomic E-state index is 11.4. The number of amides is 1. The van der Waals surface area contributed by atoms with E-state index in [9.17, 15) is 9.59 Å². The van der Waals surface area contributed by atoms with Crippen LogP contribution in [0.1, 0.15) is 31.1 Å². The summed E-state index contributed by atoms with van der Waals surface area (Å²) in [6.45, 7) is 6.89. The molecule has 1 aromatic rings. The molecule has 2 N–H and O–H groups in total. The largest absolute Gasteiger partial charge is 0.462 e. The minimum absolute atomic E-state index is 0.0167. The van der Waals surface area contributed by atoms with E-state index in [1.165, 1.54) is 6.20 Å². The van der Waals surface area contributed by atoms with E-state index in [-0.39, 0.29) is 17.8 Å². The molecular formula is C14H21N3O3. The van der Waals surface area contributed by atoms with E-state index in [0.29, 0.717) is 31.1 Å². The number of hydrogen-bond acceptors (Lipinski definition) is 5.